The minimum atomic E-state index is -0.0362. The molecule has 0 fully saturated rings. The highest BCUT2D eigenvalue weighted by Gasteiger charge is 2.16. The lowest BCUT2D eigenvalue weighted by molar-refractivity contribution is 0.0941. The van der Waals surface area contributed by atoms with E-state index in [1.165, 1.54) is 5.56 Å². The standard InChI is InChI=1S/C22H24N2O/c1-5-15(3)24-22(25)20-13-16(4)23-21-18(7-6-8-19(20)21)17-11-9-14(2)10-12-17/h6-13,15H,5H2,1-4H3,(H,24,25). The molecule has 0 aliphatic carbocycles. The van der Waals surface area contributed by atoms with Gasteiger partial charge in [0.2, 0.25) is 0 Å². The highest BCUT2D eigenvalue weighted by molar-refractivity contribution is 6.09. The Labute approximate surface area is 149 Å². The van der Waals surface area contributed by atoms with Gasteiger partial charge in [-0.1, -0.05) is 55.0 Å². The number of benzene rings is 2. The lowest BCUT2D eigenvalue weighted by atomic mass is 9.98. The summed E-state index contributed by atoms with van der Waals surface area (Å²) in [5.41, 5.74) is 5.81. The first kappa shape index (κ1) is 17.2. The largest absolute Gasteiger partial charge is 0.350 e. The molecule has 2 aromatic carbocycles. The monoisotopic (exact) mass is 332 g/mol. The zero-order valence-corrected chi connectivity index (χ0v) is 15.3. The number of para-hydroxylation sites is 1. The molecule has 0 spiro atoms. The van der Waals surface area contributed by atoms with Gasteiger partial charge in [-0.25, -0.2) is 0 Å². The summed E-state index contributed by atoms with van der Waals surface area (Å²) in [5, 5.41) is 3.96. The lowest BCUT2D eigenvalue weighted by Gasteiger charge is -2.15. The zero-order valence-electron chi connectivity index (χ0n) is 15.3. The maximum absolute atomic E-state index is 12.7. The number of hydrogen-bond donors (Lipinski definition) is 1. The summed E-state index contributed by atoms with van der Waals surface area (Å²) in [6, 6.07) is 16.5. The Hall–Kier alpha value is -2.68. The van der Waals surface area contributed by atoms with Crippen LogP contribution in [-0.4, -0.2) is 16.9 Å². The Morgan fingerprint density at radius 3 is 2.52 bits per heavy atom. The van der Waals surface area contributed by atoms with Crippen molar-refractivity contribution in [3.63, 3.8) is 0 Å². The molecule has 1 heterocycles. The van der Waals surface area contributed by atoms with Crippen molar-refractivity contribution in [3.05, 3.63) is 65.4 Å². The van der Waals surface area contributed by atoms with Crippen molar-refractivity contribution in [1.29, 1.82) is 0 Å². The van der Waals surface area contributed by atoms with Crippen LogP contribution in [0.4, 0.5) is 0 Å². The Morgan fingerprint density at radius 2 is 1.84 bits per heavy atom. The normalized spacial score (nSPS) is 12.2. The molecule has 1 N–H and O–H groups in total. The van der Waals surface area contributed by atoms with Gasteiger partial charge in [0.05, 0.1) is 11.1 Å². The van der Waals surface area contributed by atoms with Crippen LogP contribution in [0.2, 0.25) is 0 Å². The number of carbonyl (C=O) groups is 1. The smallest absolute Gasteiger partial charge is 0.252 e. The molecule has 0 saturated carbocycles. The van der Waals surface area contributed by atoms with Crippen LogP contribution in [-0.2, 0) is 0 Å². The number of hydrogen-bond acceptors (Lipinski definition) is 2. The highest BCUT2D eigenvalue weighted by Crippen LogP contribution is 2.30. The first-order valence-electron chi connectivity index (χ1n) is 8.78. The first-order chi connectivity index (χ1) is 12.0. The van der Waals surface area contributed by atoms with Crippen molar-refractivity contribution in [2.24, 2.45) is 0 Å². The van der Waals surface area contributed by atoms with Crippen molar-refractivity contribution in [2.75, 3.05) is 0 Å². The van der Waals surface area contributed by atoms with Gasteiger partial charge in [0.1, 0.15) is 0 Å². The second-order valence-electron chi connectivity index (χ2n) is 6.66. The van der Waals surface area contributed by atoms with E-state index in [1.807, 2.05) is 32.0 Å². The second-order valence-corrected chi connectivity index (χ2v) is 6.66. The Balaban J connectivity index is 2.16. The zero-order chi connectivity index (χ0) is 18.0. The van der Waals surface area contributed by atoms with Crippen LogP contribution in [0.15, 0.2) is 48.5 Å². The van der Waals surface area contributed by atoms with Crippen LogP contribution in [0.5, 0.6) is 0 Å². The summed E-state index contributed by atoms with van der Waals surface area (Å²) in [5.74, 6) is -0.0362. The Bertz CT molecular complexity index is 913. The summed E-state index contributed by atoms with van der Waals surface area (Å²) in [6.45, 7) is 8.10. The SMILES string of the molecule is CCC(C)NC(=O)c1cc(C)nc2c(-c3ccc(C)cc3)cccc12. The maximum Gasteiger partial charge on any atom is 0.252 e. The van der Waals surface area contributed by atoms with E-state index < -0.39 is 0 Å². The summed E-state index contributed by atoms with van der Waals surface area (Å²) in [7, 11) is 0. The van der Waals surface area contributed by atoms with E-state index >= 15 is 0 Å². The molecule has 1 unspecified atom stereocenters. The third-order valence-corrected chi connectivity index (χ3v) is 4.56. The third-order valence-electron chi connectivity index (χ3n) is 4.56. The molecule has 1 amide bonds. The van der Waals surface area contributed by atoms with E-state index in [4.69, 9.17) is 4.98 Å². The quantitative estimate of drug-likeness (QED) is 0.726. The van der Waals surface area contributed by atoms with Crippen LogP contribution in [0, 0.1) is 13.8 Å². The number of aromatic nitrogens is 1. The summed E-state index contributed by atoms with van der Waals surface area (Å²) >= 11 is 0. The van der Waals surface area contributed by atoms with Gasteiger partial charge in [0.15, 0.2) is 0 Å². The molecular weight excluding hydrogens is 308 g/mol. The predicted octanol–water partition coefficient (Wildman–Crippen LogP) is 5.05. The van der Waals surface area contributed by atoms with Crippen molar-refractivity contribution >= 4 is 16.8 Å². The fraction of sp³-hybridized carbons (Fsp3) is 0.273. The Kier molecular flexibility index (Phi) is 4.84. The minimum Gasteiger partial charge on any atom is -0.350 e. The number of nitrogens with zero attached hydrogens (tertiary/aromatic N) is 1. The predicted molar refractivity (Wildman–Crippen MR) is 104 cm³/mol. The number of pyridine rings is 1. The summed E-state index contributed by atoms with van der Waals surface area (Å²) in [6.07, 6.45) is 0.905. The van der Waals surface area contributed by atoms with Crippen molar-refractivity contribution in [1.82, 2.24) is 10.3 Å². The van der Waals surface area contributed by atoms with Crippen molar-refractivity contribution in [3.8, 4) is 11.1 Å². The first-order valence-corrected chi connectivity index (χ1v) is 8.78. The number of rotatable bonds is 4. The van der Waals surface area contributed by atoms with Crippen LogP contribution in [0.3, 0.4) is 0 Å². The van der Waals surface area contributed by atoms with Gasteiger partial charge < -0.3 is 5.32 Å². The van der Waals surface area contributed by atoms with Crippen LogP contribution in [0.25, 0.3) is 22.0 Å². The number of amides is 1. The van der Waals surface area contributed by atoms with Gasteiger partial charge in [-0.05, 0) is 38.8 Å². The topological polar surface area (TPSA) is 42.0 Å². The van der Waals surface area contributed by atoms with Crippen molar-refractivity contribution in [2.45, 2.75) is 40.2 Å². The molecule has 1 atom stereocenters. The average Bonchev–Trinajstić information content (AvgIpc) is 2.61. The molecule has 3 heteroatoms. The average molecular weight is 332 g/mol. The molecule has 0 bridgehead atoms. The van der Waals surface area contributed by atoms with Gasteiger partial charge in [0.25, 0.3) is 5.91 Å². The fourth-order valence-corrected chi connectivity index (χ4v) is 2.93. The van der Waals surface area contributed by atoms with Crippen LogP contribution < -0.4 is 5.32 Å². The number of fused-ring (bicyclic) bond motifs is 1. The molecule has 25 heavy (non-hydrogen) atoms. The molecule has 3 aromatic rings. The maximum atomic E-state index is 12.7. The van der Waals surface area contributed by atoms with Crippen molar-refractivity contribution < 1.29 is 4.79 Å². The van der Waals surface area contributed by atoms with Gasteiger partial charge in [-0.3, -0.25) is 9.78 Å². The van der Waals surface area contributed by atoms with E-state index in [0.29, 0.717) is 5.56 Å². The third kappa shape index (κ3) is 3.55. The molecule has 0 radical (unpaired) electrons. The van der Waals surface area contributed by atoms with E-state index in [2.05, 4.69) is 49.5 Å². The van der Waals surface area contributed by atoms with Gasteiger partial charge in [-0.15, -0.1) is 0 Å². The number of aryl methyl sites for hydroxylation is 2. The minimum absolute atomic E-state index is 0.0362. The van der Waals surface area contributed by atoms with E-state index in [1.54, 1.807) is 0 Å². The molecule has 1 aromatic heterocycles. The van der Waals surface area contributed by atoms with Gasteiger partial charge in [-0.2, -0.15) is 0 Å². The van der Waals surface area contributed by atoms with E-state index in [0.717, 1.165) is 34.1 Å². The molecular formula is C22H24N2O. The summed E-state index contributed by atoms with van der Waals surface area (Å²) in [4.78, 5) is 17.5. The number of nitrogens with one attached hydrogen (secondary N) is 1. The molecule has 3 rings (SSSR count). The molecule has 3 nitrogen and oxygen atoms in total. The Morgan fingerprint density at radius 1 is 1.12 bits per heavy atom. The van der Waals surface area contributed by atoms with Gasteiger partial charge >= 0.3 is 0 Å². The molecule has 0 saturated heterocycles. The lowest BCUT2D eigenvalue weighted by Crippen LogP contribution is -2.32. The molecule has 0 aliphatic heterocycles. The van der Waals surface area contributed by atoms with E-state index in [9.17, 15) is 4.79 Å². The van der Waals surface area contributed by atoms with Crippen LogP contribution in [0.1, 0.15) is 41.9 Å². The van der Waals surface area contributed by atoms with E-state index in [-0.39, 0.29) is 11.9 Å². The second kappa shape index (κ2) is 7.06. The van der Waals surface area contributed by atoms with Gasteiger partial charge in [0, 0.05) is 22.7 Å². The highest BCUT2D eigenvalue weighted by atomic mass is 16.1. The molecule has 0 aliphatic rings. The summed E-state index contributed by atoms with van der Waals surface area (Å²) < 4.78 is 0. The number of carbonyl (C=O) groups excluding carboxylic acids is 1. The van der Waals surface area contributed by atoms with Crippen LogP contribution >= 0.6 is 0 Å². The fourth-order valence-electron chi connectivity index (χ4n) is 2.93. The molecule has 128 valence electrons.